The number of hydrogen-bond acceptors (Lipinski definition) is 4. The largest absolute Gasteiger partial charge is 0.316 e. The minimum Gasteiger partial charge on any atom is -0.316 e. The first kappa shape index (κ1) is 19.3. The second-order valence-corrected chi connectivity index (χ2v) is 8.18. The molecule has 2 fully saturated rings. The van der Waals surface area contributed by atoms with Crippen molar-refractivity contribution in [3.8, 4) is 0 Å². The number of aromatic nitrogens is 1. The van der Waals surface area contributed by atoms with Crippen molar-refractivity contribution in [2.75, 3.05) is 18.4 Å². The van der Waals surface area contributed by atoms with Gasteiger partial charge in [-0.1, -0.05) is 19.1 Å². The summed E-state index contributed by atoms with van der Waals surface area (Å²) < 4.78 is 13.1. The average molecular weight is 396 g/mol. The van der Waals surface area contributed by atoms with Crippen LogP contribution in [-0.4, -0.2) is 24.0 Å². The van der Waals surface area contributed by atoms with Crippen LogP contribution in [0.4, 0.5) is 9.52 Å². The molecular weight excluding hydrogens is 373 g/mol. The molecule has 0 radical (unpaired) electrons. The van der Waals surface area contributed by atoms with E-state index in [2.05, 4.69) is 10.6 Å². The summed E-state index contributed by atoms with van der Waals surface area (Å²) in [6, 6.07) is 6.61. The number of rotatable bonds is 6. The normalized spacial score (nSPS) is 17.9. The van der Waals surface area contributed by atoms with Gasteiger partial charge in [0.15, 0.2) is 5.13 Å². The van der Waals surface area contributed by atoms with E-state index in [9.17, 15) is 9.18 Å². The van der Waals surface area contributed by atoms with Crippen molar-refractivity contribution in [2.45, 2.75) is 32.1 Å². The molecule has 4 nitrogen and oxygen atoms in total. The van der Waals surface area contributed by atoms with E-state index in [4.69, 9.17) is 4.98 Å². The number of nitrogens with zero attached hydrogens (tertiary/aromatic N) is 1. The maximum Gasteiger partial charge on any atom is 0.229 e. The highest BCUT2D eigenvalue weighted by Crippen LogP contribution is 2.44. The number of anilines is 1. The van der Waals surface area contributed by atoms with E-state index in [1.807, 2.05) is 19.1 Å². The Morgan fingerprint density at radius 3 is 2.62 bits per heavy atom. The summed E-state index contributed by atoms with van der Waals surface area (Å²) in [5.74, 6) is 0.765. The van der Waals surface area contributed by atoms with Crippen LogP contribution in [0.3, 0.4) is 0 Å². The van der Waals surface area contributed by atoms with Gasteiger partial charge in [0.25, 0.3) is 0 Å². The molecule has 1 unspecified atom stereocenters. The van der Waals surface area contributed by atoms with Gasteiger partial charge in [0, 0.05) is 23.1 Å². The number of hydrogen-bond donors (Lipinski definition) is 2. The lowest BCUT2D eigenvalue weighted by Gasteiger charge is -2.31. The zero-order valence-electron chi connectivity index (χ0n) is 14.6. The number of benzene rings is 1. The molecule has 26 heavy (non-hydrogen) atoms. The molecule has 7 heteroatoms. The van der Waals surface area contributed by atoms with Crippen LogP contribution in [0.5, 0.6) is 0 Å². The second kappa shape index (κ2) is 8.03. The number of thiazole rings is 1. The zero-order chi connectivity index (χ0) is 17.4. The summed E-state index contributed by atoms with van der Waals surface area (Å²) >= 11 is 1.56. The van der Waals surface area contributed by atoms with Gasteiger partial charge in [-0.15, -0.1) is 23.7 Å². The maximum atomic E-state index is 13.1. The molecule has 1 aromatic carbocycles. The van der Waals surface area contributed by atoms with E-state index < -0.39 is 0 Å². The lowest BCUT2D eigenvalue weighted by Crippen LogP contribution is -2.48. The van der Waals surface area contributed by atoms with Crippen LogP contribution in [0, 0.1) is 17.7 Å². The average Bonchev–Trinajstić information content (AvgIpc) is 3.31. The Morgan fingerprint density at radius 1 is 1.35 bits per heavy atom. The van der Waals surface area contributed by atoms with Crippen LogP contribution < -0.4 is 10.6 Å². The Bertz CT molecular complexity index is 772. The lowest BCUT2D eigenvalue weighted by atomic mass is 9.88. The first-order chi connectivity index (χ1) is 12.1. The lowest BCUT2D eigenvalue weighted by molar-refractivity contribution is -0.121. The fraction of sp³-hybridized carbons (Fsp3) is 0.474. The molecule has 1 atom stereocenters. The predicted octanol–water partition coefficient (Wildman–Crippen LogP) is 3.97. The SMILES string of the molecule is CC(C(=O)Nc1nc(C2CC2)c(Cc2ccc(F)cc2)s1)C1CNC1.Cl. The highest BCUT2D eigenvalue weighted by atomic mass is 35.5. The monoisotopic (exact) mass is 395 g/mol. The van der Waals surface area contributed by atoms with Crippen LogP contribution in [0.1, 0.15) is 41.8 Å². The molecule has 0 bridgehead atoms. The predicted molar refractivity (Wildman–Crippen MR) is 105 cm³/mol. The molecule has 1 aliphatic heterocycles. The van der Waals surface area contributed by atoms with Crippen molar-refractivity contribution >= 4 is 34.8 Å². The standard InChI is InChI=1S/C19H22FN3OS.ClH/c1-11(14-9-21-10-14)18(24)23-19-22-17(13-4-5-13)16(25-19)8-12-2-6-15(20)7-3-12;/h2-3,6-7,11,13-14,21H,4-5,8-10H2,1H3,(H,22,23,24);1H. The first-order valence-corrected chi connectivity index (χ1v) is 9.67. The zero-order valence-corrected chi connectivity index (χ0v) is 16.3. The Kier molecular flexibility index (Phi) is 5.95. The van der Waals surface area contributed by atoms with E-state index in [-0.39, 0.29) is 30.0 Å². The minimum atomic E-state index is -0.220. The summed E-state index contributed by atoms with van der Waals surface area (Å²) in [6.07, 6.45) is 3.07. The van der Waals surface area contributed by atoms with Gasteiger partial charge in [-0.2, -0.15) is 0 Å². The summed E-state index contributed by atoms with van der Waals surface area (Å²) in [6.45, 7) is 3.81. The van der Waals surface area contributed by atoms with Gasteiger partial charge < -0.3 is 10.6 Å². The van der Waals surface area contributed by atoms with Gasteiger partial charge in [0.1, 0.15) is 5.82 Å². The highest BCUT2D eigenvalue weighted by Gasteiger charge is 2.32. The molecule has 1 saturated carbocycles. The number of carbonyl (C=O) groups excluding carboxylic acids is 1. The molecule has 140 valence electrons. The number of nitrogens with one attached hydrogen (secondary N) is 2. The highest BCUT2D eigenvalue weighted by molar-refractivity contribution is 7.15. The van der Waals surface area contributed by atoms with E-state index in [0.29, 0.717) is 17.0 Å². The van der Waals surface area contributed by atoms with E-state index in [0.717, 1.165) is 43.6 Å². The summed E-state index contributed by atoms with van der Waals surface area (Å²) in [7, 11) is 0. The Balaban J connectivity index is 0.00000196. The van der Waals surface area contributed by atoms with Gasteiger partial charge in [0.05, 0.1) is 5.69 Å². The van der Waals surface area contributed by atoms with E-state index in [1.54, 1.807) is 11.3 Å². The second-order valence-electron chi connectivity index (χ2n) is 7.10. The van der Waals surface area contributed by atoms with Crippen LogP contribution >= 0.6 is 23.7 Å². The van der Waals surface area contributed by atoms with Crippen molar-refractivity contribution in [2.24, 2.45) is 11.8 Å². The molecule has 2 aromatic rings. The van der Waals surface area contributed by atoms with Gasteiger partial charge in [-0.25, -0.2) is 9.37 Å². The molecule has 2 N–H and O–H groups in total. The summed E-state index contributed by atoms with van der Waals surface area (Å²) in [4.78, 5) is 18.3. The van der Waals surface area contributed by atoms with Crippen LogP contribution in [0.2, 0.25) is 0 Å². The molecule has 4 rings (SSSR count). The van der Waals surface area contributed by atoms with Crippen LogP contribution in [-0.2, 0) is 11.2 Å². The van der Waals surface area contributed by atoms with Gasteiger partial charge >= 0.3 is 0 Å². The third kappa shape index (κ3) is 4.24. The maximum absolute atomic E-state index is 13.1. The third-order valence-corrected chi connectivity index (χ3v) is 6.12. The Hall–Kier alpha value is -1.50. The third-order valence-electron chi connectivity index (χ3n) is 5.13. The van der Waals surface area contributed by atoms with Crippen LogP contribution in [0.15, 0.2) is 24.3 Å². The van der Waals surface area contributed by atoms with Gasteiger partial charge in [-0.05, 0) is 49.5 Å². The van der Waals surface area contributed by atoms with Crippen molar-refractivity contribution < 1.29 is 9.18 Å². The smallest absolute Gasteiger partial charge is 0.229 e. The van der Waals surface area contributed by atoms with Crippen LogP contribution in [0.25, 0.3) is 0 Å². The van der Waals surface area contributed by atoms with E-state index in [1.165, 1.54) is 17.0 Å². The summed E-state index contributed by atoms with van der Waals surface area (Å²) in [5.41, 5.74) is 2.18. The number of halogens is 2. The van der Waals surface area contributed by atoms with Gasteiger partial charge in [-0.3, -0.25) is 4.79 Å². The molecular formula is C19H23ClFN3OS. The first-order valence-electron chi connectivity index (χ1n) is 8.86. The molecule has 1 saturated heterocycles. The molecule has 1 amide bonds. The van der Waals surface area contributed by atoms with E-state index >= 15 is 0 Å². The topological polar surface area (TPSA) is 54.0 Å². The number of amides is 1. The fourth-order valence-corrected chi connectivity index (χ4v) is 4.19. The fourth-order valence-electron chi connectivity index (χ4n) is 3.10. The molecule has 2 heterocycles. The Labute approximate surface area is 163 Å². The van der Waals surface area contributed by atoms with Crippen molar-refractivity contribution in [3.05, 3.63) is 46.2 Å². The van der Waals surface area contributed by atoms with Gasteiger partial charge in [0.2, 0.25) is 5.91 Å². The molecule has 1 aromatic heterocycles. The molecule has 2 aliphatic rings. The quantitative estimate of drug-likeness (QED) is 0.778. The summed E-state index contributed by atoms with van der Waals surface area (Å²) in [5, 5.41) is 6.92. The minimum absolute atomic E-state index is 0. The van der Waals surface area contributed by atoms with Crippen molar-refractivity contribution in [3.63, 3.8) is 0 Å². The number of carbonyl (C=O) groups is 1. The molecule has 0 spiro atoms. The van der Waals surface area contributed by atoms with Crippen molar-refractivity contribution in [1.82, 2.24) is 10.3 Å². The van der Waals surface area contributed by atoms with Crippen molar-refractivity contribution in [1.29, 1.82) is 0 Å². The Morgan fingerprint density at radius 2 is 2.04 bits per heavy atom. The molecule has 1 aliphatic carbocycles.